The SMILES string of the molecule is NC(=O)c1ccc(F)cc1-c1[nH]nc2c(Cl)cccc12. The van der Waals surface area contributed by atoms with Crippen LogP contribution in [0.15, 0.2) is 36.4 Å². The molecule has 0 saturated heterocycles. The Morgan fingerprint density at radius 2 is 2.10 bits per heavy atom. The zero-order chi connectivity index (χ0) is 14.3. The molecule has 0 aliphatic carbocycles. The molecule has 0 fully saturated rings. The standard InChI is InChI=1S/C14H9ClFN3O/c15-11-3-1-2-9-12(18-19-13(9)11)10-6-7(16)4-5-8(10)14(17)20/h1-6H,(H2,17,20)(H,18,19). The van der Waals surface area contributed by atoms with E-state index in [1.54, 1.807) is 18.2 Å². The van der Waals surface area contributed by atoms with E-state index in [1.807, 2.05) is 0 Å². The first-order chi connectivity index (χ1) is 9.58. The first-order valence-electron chi connectivity index (χ1n) is 5.80. The van der Waals surface area contributed by atoms with E-state index < -0.39 is 11.7 Å². The molecule has 0 spiro atoms. The van der Waals surface area contributed by atoms with Crippen molar-refractivity contribution in [3.05, 3.63) is 52.8 Å². The quantitative estimate of drug-likeness (QED) is 0.761. The third-order valence-corrected chi connectivity index (χ3v) is 3.36. The highest BCUT2D eigenvalue weighted by Gasteiger charge is 2.16. The molecule has 0 bridgehead atoms. The molecule has 0 atom stereocenters. The maximum atomic E-state index is 13.5. The van der Waals surface area contributed by atoms with Gasteiger partial charge in [0.15, 0.2) is 0 Å². The largest absolute Gasteiger partial charge is 0.366 e. The summed E-state index contributed by atoms with van der Waals surface area (Å²) >= 11 is 6.04. The molecule has 3 aromatic rings. The minimum Gasteiger partial charge on any atom is -0.366 e. The summed E-state index contributed by atoms with van der Waals surface area (Å²) < 4.78 is 13.5. The van der Waals surface area contributed by atoms with Crippen molar-refractivity contribution in [2.24, 2.45) is 5.73 Å². The van der Waals surface area contributed by atoms with Crippen molar-refractivity contribution in [3.63, 3.8) is 0 Å². The highest BCUT2D eigenvalue weighted by Crippen LogP contribution is 2.32. The zero-order valence-corrected chi connectivity index (χ0v) is 10.9. The van der Waals surface area contributed by atoms with E-state index in [9.17, 15) is 9.18 Å². The van der Waals surface area contributed by atoms with E-state index in [-0.39, 0.29) is 5.56 Å². The van der Waals surface area contributed by atoms with Gasteiger partial charge in [0.2, 0.25) is 5.91 Å². The monoisotopic (exact) mass is 289 g/mol. The molecular formula is C14H9ClFN3O. The Morgan fingerprint density at radius 1 is 1.30 bits per heavy atom. The summed E-state index contributed by atoms with van der Waals surface area (Å²) in [5, 5.41) is 8.05. The van der Waals surface area contributed by atoms with Gasteiger partial charge in [-0.3, -0.25) is 9.89 Å². The van der Waals surface area contributed by atoms with Crippen LogP contribution in [0.3, 0.4) is 0 Å². The van der Waals surface area contributed by atoms with Crippen LogP contribution in [0.2, 0.25) is 5.02 Å². The van der Waals surface area contributed by atoms with Crippen molar-refractivity contribution in [2.75, 3.05) is 0 Å². The van der Waals surface area contributed by atoms with Gasteiger partial charge in [-0.1, -0.05) is 23.7 Å². The summed E-state index contributed by atoms with van der Waals surface area (Å²) in [6, 6.07) is 9.03. The molecule has 1 heterocycles. The number of carbonyl (C=O) groups is 1. The van der Waals surface area contributed by atoms with Gasteiger partial charge >= 0.3 is 0 Å². The number of aromatic nitrogens is 2. The number of hydrogen-bond acceptors (Lipinski definition) is 2. The molecular weight excluding hydrogens is 281 g/mol. The van der Waals surface area contributed by atoms with Crippen LogP contribution >= 0.6 is 11.6 Å². The molecule has 3 N–H and O–H groups in total. The molecule has 0 aliphatic heterocycles. The predicted octanol–water partition coefficient (Wildman–Crippen LogP) is 3.12. The summed E-state index contributed by atoms with van der Waals surface area (Å²) in [5.74, 6) is -1.10. The Bertz CT molecular complexity index is 828. The number of aromatic amines is 1. The topological polar surface area (TPSA) is 71.8 Å². The predicted molar refractivity (Wildman–Crippen MR) is 75.0 cm³/mol. The van der Waals surface area contributed by atoms with Gasteiger partial charge in [-0.15, -0.1) is 0 Å². The van der Waals surface area contributed by atoms with Crippen molar-refractivity contribution in [2.45, 2.75) is 0 Å². The summed E-state index contributed by atoms with van der Waals surface area (Å²) in [4.78, 5) is 11.5. The second kappa shape index (κ2) is 4.61. The first kappa shape index (κ1) is 12.6. The van der Waals surface area contributed by atoms with Crippen LogP contribution in [0.5, 0.6) is 0 Å². The smallest absolute Gasteiger partial charge is 0.249 e. The molecule has 0 radical (unpaired) electrons. The van der Waals surface area contributed by atoms with Crippen LogP contribution in [0.25, 0.3) is 22.2 Å². The van der Waals surface area contributed by atoms with E-state index in [2.05, 4.69) is 10.2 Å². The van der Waals surface area contributed by atoms with Gasteiger partial charge in [0.05, 0.1) is 10.7 Å². The molecule has 1 aromatic heterocycles. The van der Waals surface area contributed by atoms with Crippen molar-refractivity contribution >= 4 is 28.4 Å². The van der Waals surface area contributed by atoms with Crippen molar-refractivity contribution in [1.29, 1.82) is 0 Å². The fraction of sp³-hybridized carbons (Fsp3) is 0. The minimum atomic E-state index is -0.634. The normalized spacial score (nSPS) is 10.9. The maximum Gasteiger partial charge on any atom is 0.249 e. The molecule has 0 aliphatic rings. The van der Waals surface area contributed by atoms with Crippen LogP contribution in [0.1, 0.15) is 10.4 Å². The lowest BCUT2D eigenvalue weighted by Gasteiger charge is -2.05. The number of halogens is 2. The van der Waals surface area contributed by atoms with Gasteiger partial charge in [-0.2, -0.15) is 5.10 Å². The molecule has 2 aromatic carbocycles. The highest BCUT2D eigenvalue weighted by atomic mass is 35.5. The number of primary amides is 1. The Morgan fingerprint density at radius 3 is 2.85 bits per heavy atom. The van der Waals surface area contributed by atoms with Crippen LogP contribution < -0.4 is 5.73 Å². The van der Waals surface area contributed by atoms with Crippen LogP contribution in [0, 0.1) is 5.82 Å². The molecule has 3 rings (SSSR count). The Kier molecular flexibility index (Phi) is 2.91. The zero-order valence-electron chi connectivity index (χ0n) is 10.2. The molecule has 0 unspecified atom stereocenters. The van der Waals surface area contributed by atoms with E-state index in [4.69, 9.17) is 17.3 Å². The third kappa shape index (κ3) is 1.92. The van der Waals surface area contributed by atoms with Gasteiger partial charge in [0.1, 0.15) is 11.3 Å². The van der Waals surface area contributed by atoms with E-state index in [1.165, 1.54) is 18.2 Å². The fourth-order valence-corrected chi connectivity index (χ4v) is 2.36. The summed E-state index contributed by atoms with van der Waals surface area (Å²) in [5.41, 5.74) is 6.97. The van der Waals surface area contributed by atoms with Gasteiger partial charge in [-0.05, 0) is 24.3 Å². The number of amides is 1. The average Bonchev–Trinajstić information content (AvgIpc) is 2.83. The molecule has 6 heteroatoms. The third-order valence-electron chi connectivity index (χ3n) is 3.05. The van der Waals surface area contributed by atoms with Crippen LogP contribution in [-0.2, 0) is 0 Å². The molecule has 1 amide bonds. The van der Waals surface area contributed by atoms with Crippen LogP contribution in [0.4, 0.5) is 4.39 Å². The van der Waals surface area contributed by atoms with Gasteiger partial charge in [-0.25, -0.2) is 4.39 Å². The number of hydrogen-bond donors (Lipinski definition) is 2. The average molecular weight is 290 g/mol. The number of nitrogens with zero attached hydrogens (tertiary/aromatic N) is 1. The number of nitrogens with one attached hydrogen (secondary N) is 1. The van der Waals surface area contributed by atoms with E-state index >= 15 is 0 Å². The number of carbonyl (C=O) groups excluding carboxylic acids is 1. The lowest BCUT2D eigenvalue weighted by Crippen LogP contribution is -2.12. The molecule has 4 nitrogen and oxygen atoms in total. The molecule has 100 valence electrons. The number of para-hydroxylation sites is 1. The highest BCUT2D eigenvalue weighted by molar-refractivity contribution is 6.35. The van der Waals surface area contributed by atoms with Crippen molar-refractivity contribution < 1.29 is 9.18 Å². The lowest BCUT2D eigenvalue weighted by atomic mass is 10.0. The fourth-order valence-electron chi connectivity index (χ4n) is 2.15. The second-order valence-electron chi connectivity index (χ2n) is 4.29. The Balaban J connectivity index is 2.34. The number of rotatable bonds is 2. The number of nitrogens with two attached hydrogens (primary N) is 1. The Hall–Kier alpha value is -2.40. The van der Waals surface area contributed by atoms with Gasteiger partial charge in [0, 0.05) is 16.5 Å². The number of H-pyrrole nitrogens is 1. The summed E-state index contributed by atoms with van der Waals surface area (Å²) in [7, 11) is 0. The van der Waals surface area contributed by atoms with Crippen molar-refractivity contribution in [1.82, 2.24) is 10.2 Å². The van der Waals surface area contributed by atoms with Gasteiger partial charge < -0.3 is 5.73 Å². The summed E-state index contributed by atoms with van der Waals surface area (Å²) in [6.45, 7) is 0. The van der Waals surface area contributed by atoms with Crippen LogP contribution in [-0.4, -0.2) is 16.1 Å². The lowest BCUT2D eigenvalue weighted by molar-refractivity contribution is 0.100. The summed E-state index contributed by atoms with van der Waals surface area (Å²) in [6.07, 6.45) is 0. The van der Waals surface area contributed by atoms with Gasteiger partial charge in [0.25, 0.3) is 0 Å². The van der Waals surface area contributed by atoms with E-state index in [0.717, 1.165) is 0 Å². The van der Waals surface area contributed by atoms with Crippen molar-refractivity contribution in [3.8, 4) is 11.3 Å². The number of benzene rings is 2. The first-order valence-corrected chi connectivity index (χ1v) is 6.18. The Labute approximate surface area is 118 Å². The minimum absolute atomic E-state index is 0.219. The molecule has 20 heavy (non-hydrogen) atoms. The molecule has 0 saturated carbocycles. The maximum absolute atomic E-state index is 13.5. The van der Waals surface area contributed by atoms with E-state index in [0.29, 0.717) is 27.2 Å². The number of fused-ring (bicyclic) bond motifs is 1. The second-order valence-corrected chi connectivity index (χ2v) is 4.70.